The van der Waals surface area contributed by atoms with E-state index in [1.807, 2.05) is 0 Å². The van der Waals surface area contributed by atoms with Gasteiger partial charge in [-0.15, -0.1) is 0 Å². The lowest BCUT2D eigenvalue weighted by atomic mass is 9.75. The van der Waals surface area contributed by atoms with Crippen molar-refractivity contribution < 1.29 is 0 Å². The van der Waals surface area contributed by atoms with Crippen molar-refractivity contribution in [2.24, 2.45) is 5.41 Å². The number of rotatable bonds is 5. The normalized spacial score (nSPS) is 29.5. The molecule has 3 rings (SSSR count). The van der Waals surface area contributed by atoms with E-state index in [4.69, 9.17) is 0 Å². The summed E-state index contributed by atoms with van der Waals surface area (Å²) in [5.74, 6) is 0. The molecule has 0 aromatic heterocycles. The van der Waals surface area contributed by atoms with E-state index in [1.165, 1.54) is 84.3 Å². The molecule has 0 spiro atoms. The lowest BCUT2D eigenvalue weighted by Gasteiger charge is -2.44. The molecule has 3 nitrogen and oxygen atoms in total. The molecule has 3 aliphatic rings. The molecule has 1 aliphatic carbocycles. The maximum atomic E-state index is 3.54. The van der Waals surface area contributed by atoms with Gasteiger partial charge in [-0.2, -0.15) is 0 Å². The fraction of sp³-hybridized carbons (Fsp3) is 1.00. The molecule has 110 valence electrons. The molecular formula is C16H31N3. The van der Waals surface area contributed by atoms with Crippen molar-refractivity contribution in [1.82, 2.24) is 15.1 Å². The first kappa shape index (κ1) is 13.8. The standard InChI is InChI=1S/C16H31N3/c1-2-5-16(6-8-17-9-7-16)14-18-10-12-19(13-11-18)15-3-4-15/h15,17H,2-14H2,1H3. The molecule has 3 fully saturated rings. The van der Waals surface area contributed by atoms with Crippen LogP contribution in [0.25, 0.3) is 0 Å². The van der Waals surface area contributed by atoms with Gasteiger partial charge in [-0.3, -0.25) is 4.90 Å². The van der Waals surface area contributed by atoms with E-state index in [9.17, 15) is 0 Å². The molecule has 2 saturated heterocycles. The van der Waals surface area contributed by atoms with E-state index in [-0.39, 0.29) is 0 Å². The second-order valence-electron chi connectivity index (χ2n) is 7.04. The molecule has 0 amide bonds. The van der Waals surface area contributed by atoms with Gasteiger partial charge < -0.3 is 10.2 Å². The summed E-state index contributed by atoms with van der Waals surface area (Å²) in [6.07, 6.45) is 8.49. The number of nitrogens with zero attached hydrogens (tertiary/aromatic N) is 2. The van der Waals surface area contributed by atoms with Crippen LogP contribution in [0.3, 0.4) is 0 Å². The SMILES string of the molecule is CCCC1(CN2CCN(C3CC3)CC2)CCNCC1. The van der Waals surface area contributed by atoms with Gasteiger partial charge in [0.1, 0.15) is 0 Å². The zero-order valence-electron chi connectivity index (χ0n) is 12.7. The van der Waals surface area contributed by atoms with Gasteiger partial charge in [0.25, 0.3) is 0 Å². The highest BCUT2D eigenvalue weighted by Gasteiger charge is 2.36. The van der Waals surface area contributed by atoms with Crippen LogP contribution >= 0.6 is 0 Å². The maximum absolute atomic E-state index is 3.54. The Morgan fingerprint density at radius 2 is 1.74 bits per heavy atom. The van der Waals surface area contributed by atoms with Gasteiger partial charge in [0.05, 0.1) is 0 Å². The summed E-state index contributed by atoms with van der Waals surface area (Å²) in [6.45, 7) is 11.5. The summed E-state index contributed by atoms with van der Waals surface area (Å²) >= 11 is 0. The smallest absolute Gasteiger partial charge is 0.0113 e. The van der Waals surface area contributed by atoms with Crippen molar-refractivity contribution in [2.45, 2.75) is 51.5 Å². The number of nitrogens with one attached hydrogen (secondary N) is 1. The number of piperidine rings is 1. The zero-order valence-corrected chi connectivity index (χ0v) is 12.7. The largest absolute Gasteiger partial charge is 0.317 e. The minimum Gasteiger partial charge on any atom is -0.317 e. The van der Waals surface area contributed by atoms with Gasteiger partial charge >= 0.3 is 0 Å². The molecule has 0 aromatic rings. The molecule has 0 unspecified atom stereocenters. The van der Waals surface area contributed by atoms with E-state index >= 15 is 0 Å². The topological polar surface area (TPSA) is 18.5 Å². The molecule has 1 saturated carbocycles. The second-order valence-corrected chi connectivity index (χ2v) is 7.04. The van der Waals surface area contributed by atoms with Crippen LogP contribution in [-0.2, 0) is 0 Å². The molecule has 0 aromatic carbocycles. The Kier molecular flexibility index (Phi) is 4.45. The van der Waals surface area contributed by atoms with E-state index in [0.29, 0.717) is 5.41 Å². The summed E-state index contributed by atoms with van der Waals surface area (Å²) in [7, 11) is 0. The molecule has 0 atom stereocenters. The van der Waals surface area contributed by atoms with Gasteiger partial charge in [-0.25, -0.2) is 0 Å². The minimum absolute atomic E-state index is 0.627. The summed E-state index contributed by atoms with van der Waals surface area (Å²) in [5, 5.41) is 3.54. The van der Waals surface area contributed by atoms with Crippen LogP contribution in [0, 0.1) is 5.41 Å². The highest BCUT2D eigenvalue weighted by atomic mass is 15.3. The van der Waals surface area contributed by atoms with Crippen molar-refractivity contribution in [2.75, 3.05) is 45.8 Å². The molecule has 0 bridgehead atoms. The van der Waals surface area contributed by atoms with Crippen LogP contribution in [0.2, 0.25) is 0 Å². The molecule has 3 heteroatoms. The molecule has 2 heterocycles. The highest BCUT2D eigenvalue weighted by Crippen LogP contribution is 2.35. The number of piperazine rings is 1. The van der Waals surface area contributed by atoms with Crippen LogP contribution in [0.1, 0.15) is 45.4 Å². The summed E-state index contributed by atoms with van der Waals surface area (Å²) in [4.78, 5) is 5.49. The third-order valence-corrected chi connectivity index (χ3v) is 5.47. The molecule has 2 aliphatic heterocycles. The first-order chi connectivity index (χ1) is 9.31. The minimum atomic E-state index is 0.627. The predicted molar refractivity (Wildman–Crippen MR) is 80.5 cm³/mol. The average Bonchev–Trinajstić information content (AvgIpc) is 3.25. The lowest BCUT2D eigenvalue weighted by Crippen LogP contribution is -2.52. The van der Waals surface area contributed by atoms with Gasteiger partial charge in [0.15, 0.2) is 0 Å². The Morgan fingerprint density at radius 1 is 1.05 bits per heavy atom. The lowest BCUT2D eigenvalue weighted by molar-refractivity contribution is 0.0582. The third-order valence-electron chi connectivity index (χ3n) is 5.47. The molecule has 19 heavy (non-hydrogen) atoms. The predicted octanol–water partition coefficient (Wildman–Crippen LogP) is 1.94. The maximum Gasteiger partial charge on any atom is 0.0113 e. The Balaban J connectivity index is 1.50. The highest BCUT2D eigenvalue weighted by molar-refractivity contribution is 4.91. The van der Waals surface area contributed by atoms with Gasteiger partial charge in [0, 0.05) is 38.8 Å². The Morgan fingerprint density at radius 3 is 2.32 bits per heavy atom. The average molecular weight is 265 g/mol. The van der Waals surface area contributed by atoms with Crippen LogP contribution in [0.5, 0.6) is 0 Å². The van der Waals surface area contributed by atoms with E-state index in [2.05, 4.69) is 22.0 Å². The van der Waals surface area contributed by atoms with Crippen LogP contribution in [-0.4, -0.2) is 61.7 Å². The first-order valence-electron chi connectivity index (χ1n) is 8.48. The van der Waals surface area contributed by atoms with Crippen molar-refractivity contribution in [3.05, 3.63) is 0 Å². The number of hydrogen-bond acceptors (Lipinski definition) is 3. The van der Waals surface area contributed by atoms with Gasteiger partial charge in [-0.1, -0.05) is 13.3 Å². The van der Waals surface area contributed by atoms with Crippen molar-refractivity contribution in [3.8, 4) is 0 Å². The zero-order chi connectivity index (χ0) is 13.1. The van der Waals surface area contributed by atoms with Crippen LogP contribution in [0.15, 0.2) is 0 Å². The molecular weight excluding hydrogens is 234 g/mol. The van der Waals surface area contributed by atoms with Gasteiger partial charge in [0.2, 0.25) is 0 Å². The Labute approximate surface area is 118 Å². The van der Waals surface area contributed by atoms with Crippen LogP contribution < -0.4 is 5.32 Å². The van der Waals surface area contributed by atoms with E-state index < -0.39 is 0 Å². The monoisotopic (exact) mass is 265 g/mol. The van der Waals surface area contributed by atoms with Crippen molar-refractivity contribution in [1.29, 1.82) is 0 Å². The Hall–Kier alpha value is -0.120. The summed E-state index contributed by atoms with van der Waals surface area (Å²) < 4.78 is 0. The molecule has 0 radical (unpaired) electrons. The van der Waals surface area contributed by atoms with Gasteiger partial charge in [-0.05, 0) is 50.6 Å². The summed E-state index contributed by atoms with van der Waals surface area (Å²) in [6, 6.07) is 0.964. The van der Waals surface area contributed by atoms with E-state index in [1.54, 1.807) is 0 Å². The quantitative estimate of drug-likeness (QED) is 0.819. The first-order valence-corrected chi connectivity index (χ1v) is 8.48. The fourth-order valence-electron chi connectivity index (χ4n) is 4.18. The Bertz CT molecular complexity index is 268. The van der Waals surface area contributed by atoms with Crippen molar-refractivity contribution >= 4 is 0 Å². The third kappa shape index (κ3) is 3.50. The van der Waals surface area contributed by atoms with Crippen LogP contribution in [0.4, 0.5) is 0 Å². The second kappa shape index (κ2) is 6.11. The molecule has 1 N–H and O–H groups in total. The van der Waals surface area contributed by atoms with E-state index in [0.717, 1.165) is 6.04 Å². The van der Waals surface area contributed by atoms with Crippen molar-refractivity contribution in [3.63, 3.8) is 0 Å². The fourth-order valence-corrected chi connectivity index (χ4v) is 4.18. The summed E-state index contributed by atoms with van der Waals surface area (Å²) in [5.41, 5.74) is 0.627. The number of hydrogen-bond donors (Lipinski definition) is 1.